The maximum absolute atomic E-state index is 12.7. The quantitative estimate of drug-likeness (QED) is 0.202. The van der Waals surface area contributed by atoms with Crippen LogP contribution in [0.5, 0.6) is 0 Å². The van der Waals surface area contributed by atoms with Crippen molar-refractivity contribution in [1.82, 2.24) is 14.8 Å². The Kier molecular flexibility index (Phi) is 7.35. The molecule has 0 N–H and O–H groups in total. The molecule has 0 aliphatic carbocycles. The molecule has 0 saturated heterocycles. The van der Waals surface area contributed by atoms with Crippen LogP contribution in [0.15, 0.2) is 88.9 Å². The monoisotopic (exact) mass is 485 g/mol. The Morgan fingerprint density at radius 2 is 1.58 bits per heavy atom. The standard InChI is InChI=1S/C23H17Cl2N3OS2/c24-16-11-12-19(20(25)13-16)21(29)14-31-23-27-26-22(15-30-18-9-5-2-6-10-18)28(23)17-7-3-1-4-8-17/h1-13H,14-15H2. The third-order valence-electron chi connectivity index (χ3n) is 4.39. The number of Topliss-reactive ketones (excluding diaryl/α,β-unsaturated/α-hetero) is 1. The average Bonchev–Trinajstić information content (AvgIpc) is 3.20. The molecule has 0 aliphatic heterocycles. The minimum absolute atomic E-state index is 0.0884. The number of halogens is 2. The summed E-state index contributed by atoms with van der Waals surface area (Å²) >= 11 is 15.2. The summed E-state index contributed by atoms with van der Waals surface area (Å²) in [5, 5.41) is 10.3. The van der Waals surface area contributed by atoms with E-state index in [0.717, 1.165) is 16.4 Å². The topological polar surface area (TPSA) is 47.8 Å². The molecule has 0 bridgehead atoms. The molecule has 3 aromatic carbocycles. The number of carbonyl (C=O) groups excluding carboxylic acids is 1. The Bertz CT molecular complexity index is 1180. The van der Waals surface area contributed by atoms with Crippen molar-refractivity contribution in [3.63, 3.8) is 0 Å². The Morgan fingerprint density at radius 1 is 0.871 bits per heavy atom. The van der Waals surface area contributed by atoms with Crippen molar-refractivity contribution in [2.75, 3.05) is 5.75 Å². The van der Waals surface area contributed by atoms with Crippen LogP contribution in [0.25, 0.3) is 5.69 Å². The number of thioether (sulfide) groups is 2. The molecule has 4 aromatic rings. The summed E-state index contributed by atoms with van der Waals surface area (Å²) in [5.74, 6) is 1.58. The number of benzene rings is 3. The molecule has 0 radical (unpaired) electrons. The van der Waals surface area contributed by atoms with Gasteiger partial charge in [0.2, 0.25) is 0 Å². The van der Waals surface area contributed by atoms with Crippen molar-refractivity contribution in [2.24, 2.45) is 0 Å². The van der Waals surface area contributed by atoms with Gasteiger partial charge in [-0.3, -0.25) is 9.36 Å². The number of carbonyl (C=O) groups is 1. The molecule has 0 unspecified atom stereocenters. The lowest BCUT2D eigenvalue weighted by molar-refractivity contribution is 0.102. The molecule has 31 heavy (non-hydrogen) atoms. The van der Waals surface area contributed by atoms with Crippen LogP contribution in [0.4, 0.5) is 0 Å². The molecule has 1 heterocycles. The van der Waals surface area contributed by atoms with E-state index in [2.05, 4.69) is 22.3 Å². The molecule has 0 aliphatic rings. The Hall–Kier alpha value is -2.25. The van der Waals surface area contributed by atoms with Gasteiger partial charge in [-0.05, 0) is 42.5 Å². The van der Waals surface area contributed by atoms with E-state index in [9.17, 15) is 4.79 Å². The van der Waals surface area contributed by atoms with Gasteiger partial charge in [0.25, 0.3) is 0 Å². The van der Waals surface area contributed by atoms with Crippen LogP contribution in [0.1, 0.15) is 16.2 Å². The highest BCUT2D eigenvalue weighted by Gasteiger charge is 2.18. The number of ketones is 1. The second-order valence-electron chi connectivity index (χ2n) is 6.51. The number of hydrogen-bond acceptors (Lipinski definition) is 5. The summed E-state index contributed by atoms with van der Waals surface area (Å²) in [6.45, 7) is 0. The van der Waals surface area contributed by atoms with Gasteiger partial charge in [0.15, 0.2) is 10.9 Å². The molecule has 4 nitrogen and oxygen atoms in total. The molecular weight excluding hydrogens is 469 g/mol. The second-order valence-corrected chi connectivity index (χ2v) is 9.34. The predicted molar refractivity (Wildman–Crippen MR) is 129 cm³/mol. The van der Waals surface area contributed by atoms with E-state index >= 15 is 0 Å². The first-order valence-electron chi connectivity index (χ1n) is 9.40. The maximum atomic E-state index is 12.7. The summed E-state index contributed by atoms with van der Waals surface area (Å²) in [5.41, 5.74) is 1.40. The molecule has 8 heteroatoms. The Morgan fingerprint density at radius 3 is 2.29 bits per heavy atom. The van der Waals surface area contributed by atoms with E-state index in [1.807, 2.05) is 53.1 Å². The molecule has 4 rings (SSSR count). The van der Waals surface area contributed by atoms with Gasteiger partial charge in [-0.15, -0.1) is 22.0 Å². The third-order valence-corrected chi connectivity index (χ3v) is 6.87. The Labute approximate surface area is 199 Å². The normalized spacial score (nSPS) is 10.9. The molecular formula is C23H17Cl2N3OS2. The van der Waals surface area contributed by atoms with E-state index in [-0.39, 0.29) is 11.5 Å². The summed E-state index contributed by atoms with van der Waals surface area (Å²) in [6.07, 6.45) is 0. The zero-order valence-corrected chi connectivity index (χ0v) is 19.4. The molecule has 0 fully saturated rings. The van der Waals surface area contributed by atoms with E-state index in [0.29, 0.717) is 26.5 Å². The maximum Gasteiger partial charge on any atom is 0.196 e. The van der Waals surface area contributed by atoms with Gasteiger partial charge in [-0.1, -0.05) is 71.4 Å². The lowest BCUT2D eigenvalue weighted by atomic mass is 10.1. The SMILES string of the molecule is O=C(CSc1nnc(CSc2ccccc2)n1-c1ccccc1)c1ccc(Cl)cc1Cl. The molecule has 156 valence electrons. The third kappa shape index (κ3) is 5.52. The van der Waals surface area contributed by atoms with Crippen molar-refractivity contribution in [3.05, 3.63) is 100 Å². The van der Waals surface area contributed by atoms with Gasteiger partial charge in [0, 0.05) is 21.2 Å². The van der Waals surface area contributed by atoms with Crippen molar-refractivity contribution >= 4 is 52.5 Å². The average molecular weight is 486 g/mol. The highest BCUT2D eigenvalue weighted by atomic mass is 35.5. The van der Waals surface area contributed by atoms with Crippen LogP contribution in [0.2, 0.25) is 10.0 Å². The first kappa shape index (κ1) is 22.0. The zero-order valence-electron chi connectivity index (χ0n) is 16.2. The van der Waals surface area contributed by atoms with E-state index < -0.39 is 0 Å². The van der Waals surface area contributed by atoms with Crippen molar-refractivity contribution in [2.45, 2.75) is 15.8 Å². The number of para-hydroxylation sites is 1. The summed E-state index contributed by atoms with van der Waals surface area (Å²) < 4.78 is 2.00. The van der Waals surface area contributed by atoms with Gasteiger partial charge in [0.1, 0.15) is 5.82 Å². The van der Waals surface area contributed by atoms with Gasteiger partial charge in [-0.2, -0.15) is 0 Å². The van der Waals surface area contributed by atoms with Crippen LogP contribution < -0.4 is 0 Å². The van der Waals surface area contributed by atoms with Crippen LogP contribution in [0.3, 0.4) is 0 Å². The van der Waals surface area contributed by atoms with Crippen LogP contribution in [-0.4, -0.2) is 26.3 Å². The fraction of sp³-hybridized carbons (Fsp3) is 0.0870. The van der Waals surface area contributed by atoms with Crippen LogP contribution in [0, 0.1) is 0 Å². The van der Waals surface area contributed by atoms with E-state index in [1.165, 1.54) is 11.8 Å². The molecule has 0 spiro atoms. The molecule has 1 aromatic heterocycles. The number of hydrogen-bond donors (Lipinski definition) is 0. The van der Waals surface area contributed by atoms with E-state index in [4.69, 9.17) is 23.2 Å². The van der Waals surface area contributed by atoms with Gasteiger partial charge >= 0.3 is 0 Å². The summed E-state index contributed by atoms with van der Waals surface area (Å²) in [6, 6.07) is 25.0. The highest BCUT2D eigenvalue weighted by Crippen LogP contribution is 2.28. The number of nitrogens with zero attached hydrogens (tertiary/aromatic N) is 3. The van der Waals surface area contributed by atoms with Crippen LogP contribution >= 0.6 is 46.7 Å². The summed E-state index contributed by atoms with van der Waals surface area (Å²) in [4.78, 5) is 13.9. The first-order valence-corrected chi connectivity index (χ1v) is 12.1. The largest absolute Gasteiger partial charge is 0.293 e. The van der Waals surface area contributed by atoms with Gasteiger partial charge in [0.05, 0.1) is 16.5 Å². The van der Waals surface area contributed by atoms with Crippen molar-refractivity contribution in [3.8, 4) is 5.69 Å². The minimum atomic E-state index is -0.0884. The van der Waals surface area contributed by atoms with Gasteiger partial charge in [-0.25, -0.2) is 0 Å². The molecule has 0 atom stereocenters. The molecule has 0 amide bonds. The number of rotatable bonds is 8. The van der Waals surface area contributed by atoms with Crippen molar-refractivity contribution < 1.29 is 4.79 Å². The zero-order chi connectivity index (χ0) is 21.6. The van der Waals surface area contributed by atoms with Crippen molar-refractivity contribution in [1.29, 1.82) is 0 Å². The van der Waals surface area contributed by atoms with Gasteiger partial charge < -0.3 is 0 Å². The first-order chi connectivity index (χ1) is 15.1. The minimum Gasteiger partial charge on any atom is -0.293 e. The fourth-order valence-electron chi connectivity index (χ4n) is 2.91. The molecule has 0 saturated carbocycles. The smallest absolute Gasteiger partial charge is 0.196 e. The lowest BCUT2D eigenvalue weighted by Crippen LogP contribution is -2.06. The highest BCUT2D eigenvalue weighted by molar-refractivity contribution is 7.99. The van der Waals surface area contributed by atoms with E-state index in [1.54, 1.807) is 30.0 Å². The number of aromatic nitrogens is 3. The summed E-state index contributed by atoms with van der Waals surface area (Å²) in [7, 11) is 0. The predicted octanol–water partition coefficient (Wildman–Crippen LogP) is 6.84. The van der Waals surface area contributed by atoms with Crippen LogP contribution in [-0.2, 0) is 5.75 Å². The Balaban J connectivity index is 1.55. The second kappa shape index (κ2) is 10.4. The fourth-order valence-corrected chi connectivity index (χ4v) is 5.11. The lowest BCUT2D eigenvalue weighted by Gasteiger charge is -2.10.